The number of benzene rings is 1. The number of aromatic nitrogens is 1. The molecular weight excluding hydrogens is 249 g/mol. The Kier molecular flexibility index (Phi) is 5.09. The number of pyridine rings is 1. The van der Waals surface area contributed by atoms with Crippen LogP contribution >= 0.6 is 0 Å². The minimum Gasteiger partial charge on any atom is -0.768 e. The Labute approximate surface area is 124 Å². The average Bonchev–Trinajstić information content (AvgIpc) is 2.26. The van der Waals surface area contributed by atoms with E-state index in [-0.39, 0.29) is 34.5 Å². The maximum absolute atomic E-state index is 11.1. The van der Waals surface area contributed by atoms with Crippen molar-refractivity contribution in [3.63, 3.8) is 0 Å². The van der Waals surface area contributed by atoms with Gasteiger partial charge in [0.2, 0.25) is 5.88 Å². The topological polar surface area (TPSA) is 62.2 Å². The van der Waals surface area contributed by atoms with Crippen molar-refractivity contribution < 1.29 is 43.1 Å². The van der Waals surface area contributed by atoms with Gasteiger partial charge in [0.05, 0.1) is 7.11 Å². The van der Waals surface area contributed by atoms with Gasteiger partial charge in [-0.2, -0.15) is 0 Å². The average molecular weight is 259 g/mol. The largest absolute Gasteiger partial charge is 1.00 e. The zero-order valence-electron chi connectivity index (χ0n) is 9.89. The molecule has 0 N–H and O–H groups in total. The second-order valence-electron chi connectivity index (χ2n) is 3.36. The molecule has 4 nitrogen and oxygen atoms in total. The van der Waals surface area contributed by atoms with E-state index in [1.54, 1.807) is 31.2 Å². The summed E-state index contributed by atoms with van der Waals surface area (Å²) in [5, 5.41) is 1.34. The van der Waals surface area contributed by atoms with Crippen LogP contribution in [0.4, 0.5) is 0 Å². The molecule has 0 spiro atoms. The molecule has 1 aromatic carbocycles. The van der Waals surface area contributed by atoms with E-state index in [1.807, 2.05) is 0 Å². The van der Waals surface area contributed by atoms with E-state index >= 15 is 0 Å². The summed E-state index contributed by atoms with van der Waals surface area (Å²) < 4.78 is 27.3. The third-order valence-electron chi connectivity index (χ3n) is 2.30. The molecule has 0 fully saturated rings. The Morgan fingerprint density at radius 2 is 2.06 bits per heavy atom. The van der Waals surface area contributed by atoms with Gasteiger partial charge in [0.1, 0.15) is 0 Å². The maximum atomic E-state index is 11.1. The summed E-state index contributed by atoms with van der Waals surface area (Å²) >= 11 is -2.26. The first-order chi connectivity index (χ1) is 7.63. The van der Waals surface area contributed by atoms with Crippen molar-refractivity contribution in [2.45, 2.75) is 11.8 Å². The molecule has 84 valence electrons. The number of ether oxygens (including phenoxy) is 1. The number of fused-ring (bicyclic) bond motifs is 1. The summed E-state index contributed by atoms with van der Waals surface area (Å²) in [7, 11) is 1.52. The smallest absolute Gasteiger partial charge is 0.768 e. The van der Waals surface area contributed by atoms with Crippen LogP contribution < -0.4 is 34.3 Å². The molecule has 0 saturated carbocycles. The van der Waals surface area contributed by atoms with E-state index in [0.29, 0.717) is 16.7 Å². The first-order valence-corrected chi connectivity index (χ1v) is 5.74. The Hall–Kier alpha value is -0.460. The minimum atomic E-state index is -2.26. The van der Waals surface area contributed by atoms with Crippen LogP contribution in [0.2, 0.25) is 0 Å². The number of rotatable bonds is 2. The van der Waals surface area contributed by atoms with Crippen molar-refractivity contribution in [2.24, 2.45) is 0 Å². The summed E-state index contributed by atoms with van der Waals surface area (Å²) in [6, 6.07) is 6.76. The third kappa shape index (κ3) is 2.86. The first kappa shape index (κ1) is 14.6. The monoisotopic (exact) mass is 259 g/mol. The molecule has 0 aliphatic rings. The number of nitrogens with zero attached hydrogens (tertiary/aromatic N) is 1. The normalized spacial score (nSPS) is 11.9. The van der Waals surface area contributed by atoms with Gasteiger partial charge in [-0.3, -0.25) is 4.21 Å². The summed E-state index contributed by atoms with van der Waals surface area (Å²) in [5.41, 5.74) is 0.724. The predicted octanol–water partition coefficient (Wildman–Crippen LogP) is -1.21. The summed E-state index contributed by atoms with van der Waals surface area (Å²) in [5.74, 6) is 0.447. The Morgan fingerprint density at radius 3 is 2.65 bits per heavy atom. The fourth-order valence-electron chi connectivity index (χ4n) is 1.64. The Balaban J connectivity index is 0.00000144. The van der Waals surface area contributed by atoms with E-state index in [9.17, 15) is 8.76 Å². The maximum Gasteiger partial charge on any atom is 1.00 e. The van der Waals surface area contributed by atoms with Gasteiger partial charge in [0, 0.05) is 21.4 Å². The van der Waals surface area contributed by atoms with Crippen LogP contribution in [-0.4, -0.2) is 20.9 Å². The predicted molar refractivity (Wildman–Crippen MR) is 60.2 cm³/mol. The van der Waals surface area contributed by atoms with Gasteiger partial charge < -0.3 is 9.29 Å². The second-order valence-corrected chi connectivity index (χ2v) is 4.27. The molecule has 6 heteroatoms. The molecule has 2 aromatic rings. The van der Waals surface area contributed by atoms with Crippen LogP contribution in [0, 0.1) is 6.92 Å². The van der Waals surface area contributed by atoms with Crippen LogP contribution in [0.25, 0.3) is 10.8 Å². The number of hydrogen-bond acceptors (Lipinski definition) is 4. The number of hydrogen-bond donors (Lipinski definition) is 0. The zero-order chi connectivity index (χ0) is 11.7. The molecule has 0 radical (unpaired) electrons. The van der Waals surface area contributed by atoms with Gasteiger partial charge in [0.25, 0.3) is 0 Å². The van der Waals surface area contributed by atoms with Gasteiger partial charge in [-0.05, 0) is 36.2 Å². The second kappa shape index (κ2) is 5.93. The molecule has 1 atom stereocenters. The SMILES string of the molecule is COc1nc(C)cc2c(S(=O)[O-])cccc12.[Na+]. The van der Waals surface area contributed by atoms with E-state index in [0.717, 1.165) is 5.69 Å². The molecule has 1 heterocycles. The van der Waals surface area contributed by atoms with Gasteiger partial charge in [-0.1, -0.05) is 6.07 Å². The van der Waals surface area contributed by atoms with Gasteiger partial charge in [-0.25, -0.2) is 4.98 Å². The molecule has 1 aromatic heterocycles. The molecule has 1 unspecified atom stereocenters. The van der Waals surface area contributed by atoms with Crippen molar-refractivity contribution in [3.05, 3.63) is 30.0 Å². The molecule has 0 bridgehead atoms. The zero-order valence-corrected chi connectivity index (χ0v) is 12.7. The van der Waals surface area contributed by atoms with Crippen molar-refractivity contribution in [1.29, 1.82) is 0 Å². The standard InChI is InChI=1S/C11H11NO3S.Na/c1-7-6-9-8(11(12-7)15-2)4-3-5-10(9)16(13)14;/h3-6H,1-2H3,(H,13,14);/q;+1/p-1. The van der Waals surface area contributed by atoms with Crippen molar-refractivity contribution >= 4 is 21.9 Å². The number of aryl methyl sites for hydroxylation is 1. The van der Waals surface area contributed by atoms with E-state index in [1.165, 1.54) is 7.11 Å². The van der Waals surface area contributed by atoms with Gasteiger partial charge in [0.15, 0.2) is 0 Å². The van der Waals surface area contributed by atoms with Gasteiger partial charge >= 0.3 is 29.6 Å². The van der Waals surface area contributed by atoms with Crippen LogP contribution in [0.5, 0.6) is 5.88 Å². The van der Waals surface area contributed by atoms with E-state index in [4.69, 9.17) is 4.74 Å². The first-order valence-electron chi connectivity index (χ1n) is 4.67. The summed E-state index contributed by atoms with van der Waals surface area (Å²) in [4.78, 5) is 4.46. The molecule has 17 heavy (non-hydrogen) atoms. The molecule has 2 rings (SSSR count). The molecular formula is C11H10NNaO3S. The molecule has 0 aliphatic heterocycles. The molecule has 0 amide bonds. The quantitative estimate of drug-likeness (QED) is 0.502. The van der Waals surface area contributed by atoms with Crippen LogP contribution in [0.1, 0.15) is 5.69 Å². The summed E-state index contributed by atoms with van der Waals surface area (Å²) in [6.45, 7) is 1.80. The van der Waals surface area contributed by atoms with Crippen LogP contribution in [0.3, 0.4) is 0 Å². The minimum absolute atomic E-state index is 0. The third-order valence-corrected chi connectivity index (χ3v) is 3.02. The molecule has 0 saturated heterocycles. The van der Waals surface area contributed by atoms with Crippen molar-refractivity contribution in [3.8, 4) is 5.88 Å². The fraction of sp³-hybridized carbons (Fsp3) is 0.182. The number of methoxy groups -OCH3 is 1. The van der Waals surface area contributed by atoms with Gasteiger partial charge in [-0.15, -0.1) is 0 Å². The molecule has 0 aliphatic carbocycles. The Bertz CT molecular complexity index is 574. The van der Waals surface area contributed by atoms with Crippen molar-refractivity contribution in [1.82, 2.24) is 4.98 Å². The van der Waals surface area contributed by atoms with Crippen molar-refractivity contribution in [2.75, 3.05) is 7.11 Å². The fourth-order valence-corrected chi connectivity index (χ4v) is 2.18. The van der Waals surface area contributed by atoms with E-state index < -0.39 is 11.1 Å². The summed E-state index contributed by atoms with van der Waals surface area (Å²) in [6.07, 6.45) is 0. The van der Waals surface area contributed by atoms with Crippen LogP contribution in [0.15, 0.2) is 29.2 Å². The van der Waals surface area contributed by atoms with E-state index in [2.05, 4.69) is 4.98 Å². The van der Waals surface area contributed by atoms with Crippen LogP contribution in [-0.2, 0) is 11.1 Å². The Morgan fingerprint density at radius 1 is 1.35 bits per heavy atom.